The van der Waals surface area contributed by atoms with Gasteiger partial charge in [0.05, 0.1) is 11.1 Å². The summed E-state index contributed by atoms with van der Waals surface area (Å²) in [6.07, 6.45) is 14.1. The smallest absolute Gasteiger partial charge is 0.182 e. The maximum atomic E-state index is 7.66. The van der Waals surface area contributed by atoms with Crippen LogP contribution < -0.4 is 10.7 Å². The molecular formula is C27H24Cl5N5. The molecule has 2 aromatic heterocycles. The molecule has 5 atom stereocenters. The van der Waals surface area contributed by atoms with Crippen LogP contribution in [-0.2, 0) is 4.87 Å². The van der Waals surface area contributed by atoms with Crippen molar-refractivity contribution >= 4 is 81.6 Å². The molecular weight excluding hydrogens is 572 g/mol. The van der Waals surface area contributed by atoms with Crippen LogP contribution in [0.2, 0.25) is 0 Å². The Hall–Kier alpha value is -1.89. The third-order valence-corrected chi connectivity index (χ3v) is 10.4. The van der Waals surface area contributed by atoms with Crippen molar-refractivity contribution in [2.24, 2.45) is 9.98 Å². The number of nitrogens with one attached hydrogen (secondary N) is 2. The lowest BCUT2D eigenvalue weighted by atomic mass is 9.89. The van der Waals surface area contributed by atoms with Gasteiger partial charge in [-0.2, -0.15) is 0 Å². The van der Waals surface area contributed by atoms with E-state index in [1.165, 1.54) is 0 Å². The number of H-pyrrole nitrogens is 2. The number of allylic oxidation sites excluding steroid dienone is 3. The largest absolute Gasteiger partial charge is 0.369 e. The summed E-state index contributed by atoms with van der Waals surface area (Å²) in [4.78, 5) is 14.8. The van der Waals surface area contributed by atoms with E-state index in [0.717, 1.165) is 34.3 Å². The molecule has 10 heteroatoms. The highest BCUT2D eigenvalue weighted by Crippen LogP contribution is 2.54. The van der Waals surface area contributed by atoms with E-state index in [4.69, 9.17) is 68.0 Å². The molecule has 8 bridgehead atoms. The highest BCUT2D eigenvalue weighted by atomic mass is 35.5. The van der Waals surface area contributed by atoms with E-state index < -0.39 is 25.6 Å². The molecule has 0 spiro atoms. The van der Waals surface area contributed by atoms with Crippen molar-refractivity contribution in [3.05, 3.63) is 82.4 Å². The van der Waals surface area contributed by atoms with E-state index in [-0.39, 0.29) is 0 Å². The Labute approximate surface area is 239 Å². The zero-order valence-corrected chi connectivity index (χ0v) is 23.6. The van der Waals surface area contributed by atoms with Crippen molar-refractivity contribution in [3.8, 4) is 0 Å². The minimum absolute atomic E-state index is 0.471. The third kappa shape index (κ3) is 3.97. The minimum Gasteiger partial charge on any atom is -0.369 e. The topological polar surface area (TPSA) is 59.5 Å². The summed E-state index contributed by atoms with van der Waals surface area (Å²) in [6, 6.07) is 7.92. The second-order valence-electron chi connectivity index (χ2n) is 9.57. The summed E-state index contributed by atoms with van der Waals surface area (Å²) in [7, 11) is 0. The molecule has 0 amide bonds. The molecule has 0 aromatic carbocycles. The first-order chi connectivity index (χ1) is 17.7. The van der Waals surface area contributed by atoms with Crippen molar-refractivity contribution in [2.75, 3.05) is 13.1 Å². The van der Waals surface area contributed by atoms with E-state index in [1.807, 2.05) is 48.6 Å². The monoisotopic (exact) mass is 593 g/mol. The fourth-order valence-corrected chi connectivity index (χ4v) is 7.07. The SMILES string of the molecule is CCN1CC=CC=C1C1(Cl)c2ccc([nH]2)C=c2ccc([nH]2)=CC2=NC(Cl)(C(Cl)C2)C(Cl)C2=NC1(Cl)C=C2. The van der Waals surface area contributed by atoms with Crippen molar-refractivity contribution in [3.63, 3.8) is 0 Å². The van der Waals surface area contributed by atoms with Gasteiger partial charge in [-0.3, -0.25) is 9.98 Å². The molecule has 5 nitrogen and oxygen atoms in total. The van der Waals surface area contributed by atoms with Crippen LogP contribution in [-0.4, -0.2) is 60.1 Å². The van der Waals surface area contributed by atoms with E-state index >= 15 is 0 Å². The number of halogens is 5. The lowest BCUT2D eigenvalue weighted by Gasteiger charge is -2.43. The lowest BCUT2D eigenvalue weighted by molar-refractivity contribution is 0.332. The number of likely N-dealkylation sites (N-methyl/N-ethyl adjacent to an activating group) is 1. The van der Waals surface area contributed by atoms with Gasteiger partial charge in [0.15, 0.2) is 14.9 Å². The zero-order chi connectivity index (χ0) is 26.0. The fraction of sp³-hybridized carbons (Fsp3) is 0.333. The predicted molar refractivity (Wildman–Crippen MR) is 156 cm³/mol. The molecule has 5 unspecified atom stereocenters. The summed E-state index contributed by atoms with van der Waals surface area (Å²) in [5.74, 6) is 0. The van der Waals surface area contributed by atoms with Crippen LogP contribution in [0.15, 0.2) is 70.3 Å². The van der Waals surface area contributed by atoms with Crippen LogP contribution in [0.5, 0.6) is 0 Å². The summed E-state index contributed by atoms with van der Waals surface area (Å²) in [5.41, 5.74) is 3.65. The first-order valence-corrected chi connectivity index (χ1v) is 14.1. The average Bonchev–Trinajstić information content (AvgIpc) is 3.67. The van der Waals surface area contributed by atoms with Crippen LogP contribution in [0.4, 0.5) is 0 Å². The normalized spacial score (nSPS) is 34.5. The predicted octanol–water partition coefficient (Wildman–Crippen LogP) is 5.12. The van der Waals surface area contributed by atoms with Gasteiger partial charge in [-0.1, -0.05) is 35.4 Å². The Morgan fingerprint density at radius 3 is 2.59 bits per heavy atom. The van der Waals surface area contributed by atoms with Crippen molar-refractivity contribution in [1.82, 2.24) is 14.9 Å². The van der Waals surface area contributed by atoms with Crippen LogP contribution in [0, 0.1) is 0 Å². The molecule has 0 saturated carbocycles. The number of rotatable bonds is 2. The van der Waals surface area contributed by atoms with Crippen LogP contribution in [0.25, 0.3) is 12.2 Å². The van der Waals surface area contributed by atoms with Crippen molar-refractivity contribution < 1.29 is 0 Å². The van der Waals surface area contributed by atoms with E-state index in [1.54, 1.807) is 12.2 Å². The maximum absolute atomic E-state index is 7.66. The zero-order valence-electron chi connectivity index (χ0n) is 19.9. The molecule has 6 rings (SSSR count). The average molecular weight is 596 g/mol. The third-order valence-electron chi connectivity index (χ3n) is 7.24. The number of alkyl halides is 5. The first-order valence-electron chi connectivity index (χ1n) is 12.1. The summed E-state index contributed by atoms with van der Waals surface area (Å²) in [5, 5.41) is 0.440. The Morgan fingerprint density at radius 2 is 1.81 bits per heavy atom. The second kappa shape index (κ2) is 9.10. The van der Waals surface area contributed by atoms with E-state index in [0.29, 0.717) is 24.4 Å². The molecule has 0 fully saturated rings. The van der Waals surface area contributed by atoms with Crippen molar-refractivity contribution in [1.29, 1.82) is 0 Å². The van der Waals surface area contributed by atoms with Gasteiger partial charge in [-0.25, -0.2) is 0 Å². The second-order valence-corrected chi connectivity index (χ2v) is 12.3. The molecule has 0 aliphatic carbocycles. The molecule has 37 heavy (non-hydrogen) atoms. The van der Waals surface area contributed by atoms with Crippen LogP contribution in [0.1, 0.15) is 24.7 Å². The number of hydrogen-bond donors (Lipinski definition) is 2. The Bertz CT molecular complexity index is 1530. The van der Waals surface area contributed by atoms with Gasteiger partial charge in [-0.15, -0.1) is 34.8 Å². The lowest BCUT2D eigenvalue weighted by Crippen LogP contribution is -2.48. The molecule has 2 aromatic rings. The van der Waals surface area contributed by atoms with E-state index in [9.17, 15) is 0 Å². The molecule has 0 radical (unpaired) electrons. The number of aromatic amines is 2. The number of nitrogens with zero attached hydrogens (tertiary/aromatic N) is 3. The van der Waals surface area contributed by atoms with Gasteiger partial charge in [0, 0.05) is 53.0 Å². The number of aromatic nitrogens is 2. The number of aliphatic imine (C=N–C) groups is 2. The van der Waals surface area contributed by atoms with Gasteiger partial charge in [0.25, 0.3) is 0 Å². The summed E-state index contributed by atoms with van der Waals surface area (Å²) < 4.78 is 0. The Balaban J connectivity index is 1.61. The molecule has 4 aliphatic heterocycles. The summed E-state index contributed by atoms with van der Waals surface area (Å²) >= 11 is 35.8. The fourth-order valence-electron chi connectivity index (χ4n) is 5.30. The highest BCUT2D eigenvalue weighted by Gasteiger charge is 2.57. The molecule has 192 valence electrons. The Morgan fingerprint density at radius 1 is 1.03 bits per heavy atom. The molecule has 4 aliphatic rings. The van der Waals surface area contributed by atoms with Gasteiger partial charge in [-0.05, 0) is 61.6 Å². The van der Waals surface area contributed by atoms with Gasteiger partial charge in [0.1, 0.15) is 5.38 Å². The number of fused-ring (bicyclic) bond motifs is 6. The van der Waals surface area contributed by atoms with Crippen molar-refractivity contribution in [2.45, 2.75) is 39.0 Å². The first kappa shape index (κ1) is 25.4. The molecule has 0 saturated heterocycles. The standard InChI is InChI=1S/C27H24Cl5N5/c1-2-37-12-4-3-5-23(37)26(31)22-9-8-18(34-22)13-16-6-7-17(33-16)14-19-15-21(28)27(32,35-19)24(29)20-10-11-25(26,30)36-20/h3-11,13-14,21,24,33-34H,2,12,15H2,1H3. The molecule has 6 heterocycles. The Kier molecular flexibility index (Phi) is 6.24. The maximum Gasteiger partial charge on any atom is 0.182 e. The van der Waals surface area contributed by atoms with Gasteiger partial charge >= 0.3 is 0 Å². The summed E-state index contributed by atoms with van der Waals surface area (Å²) in [6.45, 7) is 3.53. The minimum atomic E-state index is -1.40. The van der Waals surface area contributed by atoms with Gasteiger partial charge < -0.3 is 14.9 Å². The molecule has 2 N–H and O–H groups in total. The highest BCUT2D eigenvalue weighted by molar-refractivity contribution is 6.47. The van der Waals surface area contributed by atoms with Gasteiger partial charge in [0.2, 0.25) is 0 Å². The van der Waals surface area contributed by atoms with E-state index in [2.05, 4.69) is 27.9 Å². The quantitative estimate of drug-likeness (QED) is 0.368. The van der Waals surface area contributed by atoms with Crippen LogP contribution in [0.3, 0.4) is 0 Å². The number of hydrogen-bond acceptors (Lipinski definition) is 3. The van der Waals surface area contributed by atoms with Crippen LogP contribution >= 0.6 is 58.0 Å².